The standard InChI is InChI=1S/C27H30FN5O3.C20H24FN3O2.C7H6N2O.C4H8O/c1-19-11-12-23(15-29-19)30-26(34)31-24-10-6-9-22(25(24)28)17-32-13-14-33(20(2)16-32)27(35)36-18-21-7-4-3-5-8-21;1-15-12-23(13-17-8-5-9-18(22)19(17)21)10-11-24(15)20(25)26-14-16-6-3-2-4-7-16;1-6-2-3-7(4-8-6)9-5-10;1-2-4-5-3-1/h3-12,15,20H,13-14,16-18H2,1-2H3,(H2,30,31,34);2-9,15H,10-14,22H2,1H3;2-4H,1H3;1-4H2/t20-;15-;;/m11../s1. The normalized spacial score (nSPS) is 16.1. The van der Waals surface area contributed by atoms with Crippen molar-refractivity contribution in [3.8, 4) is 0 Å². The number of hydrogen-bond donors (Lipinski definition) is 3. The molecule has 2 atom stereocenters. The second-order valence-corrected chi connectivity index (χ2v) is 18.7. The van der Waals surface area contributed by atoms with Crippen LogP contribution in [0.1, 0.15) is 60.3 Å². The molecule has 4 N–H and O–H groups in total. The van der Waals surface area contributed by atoms with Gasteiger partial charge in [-0.15, -0.1) is 0 Å². The molecular formula is C58H68F2N10O7. The molecule has 0 radical (unpaired) electrons. The minimum absolute atomic E-state index is 0.00357. The van der Waals surface area contributed by atoms with Gasteiger partial charge in [-0.2, -0.15) is 4.99 Å². The lowest BCUT2D eigenvalue weighted by atomic mass is 10.1. The number of benzene rings is 4. The number of aryl methyl sites for hydroxylation is 2. The van der Waals surface area contributed by atoms with Crippen molar-refractivity contribution in [3.63, 3.8) is 0 Å². The fourth-order valence-corrected chi connectivity index (χ4v) is 8.42. The Kier molecular flexibility index (Phi) is 23.0. The molecule has 406 valence electrons. The second-order valence-electron chi connectivity index (χ2n) is 18.7. The molecule has 17 nitrogen and oxygen atoms in total. The Morgan fingerprint density at radius 2 is 1.18 bits per heavy atom. The second kappa shape index (κ2) is 30.5. The molecule has 19 heteroatoms. The monoisotopic (exact) mass is 1050 g/mol. The number of carbonyl (C=O) groups excluding carboxylic acids is 4. The van der Waals surface area contributed by atoms with Gasteiger partial charge in [-0.25, -0.2) is 28.0 Å². The number of piperazine rings is 2. The van der Waals surface area contributed by atoms with Crippen LogP contribution in [0.25, 0.3) is 0 Å². The fourth-order valence-electron chi connectivity index (χ4n) is 8.42. The van der Waals surface area contributed by atoms with E-state index < -0.39 is 11.8 Å². The van der Waals surface area contributed by atoms with Crippen LogP contribution in [0.4, 0.5) is 45.9 Å². The van der Waals surface area contributed by atoms with Crippen molar-refractivity contribution in [2.24, 2.45) is 4.99 Å². The molecule has 3 fully saturated rings. The zero-order valence-electron chi connectivity index (χ0n) is 44.1. The van der Waals surface area contributed by atoms with Crippen LogP contribution in [-0.2, 0) is 45.3 Å². The van der Waals surface area contributed by atoms with E-state index in [1.807, 2.05) is 88.4 Å². The number of aromatic nitrogens is 2. The Hall–Kier alpha value is -8.09. The van der Waals surface area contributed by atoms with Gasteiger partial charge in [-0.3, -0.25) is 19.8 Å². The number of nitrogens with one attached hydrogen (secondary N) is 2. The Morgan fingerprint density at radius 1 is 0.662 bits per heavy atom. The Labute approximate surface area is 449 Å². The SMILES string of the molecule is C1CCOC1.C[C@@H]1CN(Cc2cccc(N)c2F)CCN1C(=O)OCc1ccccc1.Cc1ccc(N=C=O)cn1.Cc1ccc(NC(=O)Nc2cccc(CN3CCN(C(=O)OCc4ccccc4)[C@H](C)C3)c2F)cn1. The van der Waals surface area contributed by atoms with E-state index in [-0.39, 0.29) is 54.7 Å². The summed E-state index contributed by atoms with van der Waals surface area (Å²) in [6.07, 6.45) is 6.41. The van der Waals surface area contributed by atoms with E-state index in [1.165, 1.54) is 31.2 Å². The third-order valence-electron chi connectivity index (χ3n) is 12.6. The van der Waals surface area contributed by atoms with Gasteiger partial charge in [-0.1, -0.05) is 84.9 Å². The van der Waals surface area contributed by atoms with Crippen LogP contribution in [-0.4, -0.2) is 118 Å². The predicted octanol–water partition coefficient (Wildman–Crippen LogP) is 10.4. The summed E-state index contributed by atoms with van der Waals surface area (Å²) >= 11 is 0. The zero-order valence-corrected chi connectivity index (χ0v) is 44.1. The number of ether oxygens (including phenoxy) is 3. The molecule has 6 aromatic rings. The Bertz CT molecular complexity index is 2830. The number of carbonyl (C=O) groups is 3. The number of pyridine rings is 2. The van der Waals surface area contributed by atoms with E-state index in [0.717, 1.165) is 35.7 Å². The fraction of sp³-hybridized carbons (Fsp3) is 0.345. The van der Waals surface area contributed by atoms with Gasteiger partial charge in [0.05, 0.1) is 35.1 Å². The molecule has 4 amide bonds. The van der Waals surface area contributed by atoms with Crippen molar-refractivity contribution in [3.05, 3.63) is 179 Å². The molecule has 3 aliphatic heterocycles. The molecule has 0 saturated carbocycles. The van der Waals surface area contributed by atoms with Crippen LogP contribution < -0.4 is 16.4 Å². The summed E-state index contributed by atoms with van der Waals surface area (Å²) in [5.74, 6) is -0.836. The molecule has 4 aromatic carbocycles. The highest BCUT2D eigenvalue weighted by Crippen LogP contribution is 2.23. The van der Waals surface area contributed by atoms with Gasteiger partial charge in [0.15, 0.2) is 11.6 Å². The van der Waals surface area contributed by atoms with Gasteiger partial charge < -0.3 is 40.4 Å². The van der Waals surface area contributed by atoms with E-state index in [9.17, 15) is 23.6 Å². The first-order valence-electron chi connectivity index (χ1n) is 25.5. The summed E-state index contributed by atoms with van der Waals surface area (Å²) in [7, 11) is 0. The summed E-state index contributed by atoms with van der Waals surface area (Å²) in [5.41, 5.74) is 11.6. The number of isocyanates is 1. The van der Waals surface area contributed by atoms with E-state index in [0.29, 0.717) is 74.9 Å². The van der Waals surface area contributed by atoms with Crippen molar-refractivity contribution < 1.29 is 42.2 Å². The van der Waals surface area contributed by atoms with Gasteiger partial charge in [0, 0.05) is 100 Å². The molecule has 0 aliphatic carbocycles. The number of nitrogens with zero attached hydrogens (tertiary/aromatic N) is 7. The summed E-state index contributed by atoms with van der Waals surface area (Å²) in [5, 5.41) is 5.22. The molecule has 0 spiro atoms. The summed E-state index contributed by atoms with van der Waals surface area (Å²) < 4.78 is 45.1. The average molecular weight is 1060 g/mol. The van der Waals surface area contributed by atoms with Gasteiger partial charge >= 0.3 is 18.2 Å². The number of hydrogen-bond acceptors (Lipinski definition) is 13. The molecule has 9 rings (SSSR count). The highest BCUT2D eigenvalue weighted by molar-refractivity contribution is 5.99. The summed E-state index contributed by atoms with van der Waals surface area (Å²) in [4.78, 5) is 66.1. The van der Waals surface area contributed by atoms with Crippen molar-refractivity contribution >= 4 is 47.0 Å². The van der Waals surface area contributed by atoms with Gasteiger partial charge in [0.2, 0.25) is 6.08 Å². The molecule has 3 saturated heterocycles. The smallest absolute Gasteiger partial charge is 0.410 e. The first-order chi connectivity index (χ1) is 37.3. The number of urea groups is 1. The highest BCUT2D eigenvalue weighted by atomic mass is 19.1. The number of nitrogen functional groups attached to an aromatic ring is 1. The van der Waals surface area contributed by atoms with Crippen molar-refractivity contribution in [2.45, 2.75) is 78.9 Å². The molecule has 2 aromatic heterocycles. The van der Waals surface area contributed by atoms with Crippen molar-refractivity contribution in [1.82, 2.24) is 29.6 Å². The Morgan fingerprint density at radius 3 is 1.65 bits per heavy atom. The maximum atomic E-state index is 15.2. The van der Waals surface area contributed by atoms with Crippen molar-refractivity contribution in [1.29, 1.82) is 0 Å². The van der Waals surface area contributed by atoms with E-state index in [2.05, 4.69) is 35.4 Å². The van der Waals surface area contributed by atoms with E-state index >= 15 is 4.39 Å². The van der Waals surface area contributed by atoms with Crippen LogP contribution >= 0.6 is 0 Å². The van der Waals surface area contributed by atoms with Crippen LogP contribution in [0.15, 0.2) is 139 Å². The third-order valence-corrected chi connectivity index (χ3v) is 12.6. The lowest BCUT2D eigenvalue weighted by molar-refractivity contribution is 0.0450. The zero-order chi connectivity index (χ0) is 54.9. The maximum Gasteiger partial charge on any atom is 0.410 e. The maximum absolute atomic E-state index is 15.2. The largest absolute Gasteiger partial charge is 0.445 e. The van der Waals surface area contributed by atoms with Gasteiger partial charge in [0.25, 0.3) is 0 Å². The molecule has 77 heavy (non-hydrogen) atoms. The number of nitrogens with two attached hydrogens (primary N) is 1. The van der Waals surface area contributed by atoms with Gasteiger partial charge in [-0.05, 0) is 88.1 Å². The number of anilines is 3. The minimum atomic E-state index is -0.548. The number of amides is 4. The predicted molar refractivity (Wildman–Crippen MR) is 292 cm³/mol. The quantitative estimate of drug-likeness (QED) is 0.0632. The van der Waals surface area contributed by atoms with Crippen LogP contribution in [0, 0.1) is 25.5 Å². The number of rotatable bonds is 11. The first-order valence-corrected chi connectivity index (χ1v) is 25.5. The lowest BCUT2D eigenvalue weighted by Crippen LogP contribution is -2.53. The number of halogens is 2. The highest BCUT2D eigenvalue weighted by Gasteiger charge is 2.30. The molecule has 0 unspecified atom stereocenters. The molecule has 3 aliphatic rings. The Balaban J connectivity index is 0.000000201. The summed E-state index contributed by atoms with van der Waals surface area (Å²) in [6, 6.07) is 35.5. The van der Waals surface area contributed by atoms with Crippen molar-refractivity contribution in [2.75, 3.05) is 68.8 Å². The molecule has 5 heterocycles. The van der Waals surface area contributed by atoms with E-state index in [4.69, 9.17) is 19.9 Å². The van der Waals surface area contributed by atoms with Crippen LogP contribution in [0.3, 0.4) is 0 Å². The number of aliphatic imine (C=N–C) groups is 1. The summed E-state index contributed by atoms with van der Waals surface area (Å²) in [6.45, 7) is 14.5. The molecule has 0 bridgehead atoms. The van der Waals surface area contributed by atoms with Gasteiger partial charge in [0.1, 0.15) is 13.2 Å². The topological polar surface area (TPSA) is 197 Å². The van der Waals surface area contributed by atoms with E-state index in [1.54, 1.807) is 70.6 Å². The van der Waals surface area contributed by atoms with Crippen LogP contribution in [0.2, 0.25) is 0 Å². The first kappa shape index (κ1) is 58.2. The molecular weight excluding hydrogens is 987 g/mol. The minimum Gasteiger partial charge on any atom is -0.445 e. The lowest BCUT2D eigenvalue weighted by Gasteiger charge is -2.39. The van der Waals surface area contributed by atoms with Crippen LogP contribution in [0.5, 0.6) is 0 Å². The third kappa shape index (κ3) is 19.2. The average Bonchev–Trinajstić information content (AvgIpc) is 4.04.